The van der Waals surface area contributed by atoms with Crippen molar-refractivity contribution < 1.29 is 18.7 Å². The van der Waals surface area contributed by atoms with Crippen molar-refractivity contribution in [3.63, 3.8) is 0 Å². The topological polar surface area (TPSA) is 123 Å². The summed E-state index contributed by atoms with van der Waals surface area (Å²) in [5.74, 6) is -0.217. The molecular weight excluding hydrogens is 360 g/mol. The Morgan fingerprint density at radius 1 is 1.25 bits per heavy atom. The van der Waals surface area contributed by atoms with Gasteiger partial charge in [0, 0.05) is 5.39 Å². The molecule has 0 saturated carbocycles. The Hall–Kier alpha value is -3.81. The third-order valence-corrected chi connectivity index (χ3v) is 4.56. The van der Waals surface area contributed by atoms with Crippen LogP contribution in [-0.2, 0) is 4.79 Å². The molecule has 0 spiro atoms. The number of nitrogens with one attached hydrogen (secondary N) is 2. The molecule has 4 aromatic rings. The van der Waals surface area contributed by atoms with E-state index in [-0.39, 0.29) is 5.56 Å². The van der Waals surface area contributed by atoms with E-state index in [9.17, 15) is 9.59 Å². The summed E-state index contributed by atoms with van der Waals surface area (Å²) in [5, 5.41) is 11.4. The Balaban J connectivity index is 1.85. The van der Waals surface area contributed by atoms with Crippen LogP contribution in [0.4, 0.5) is 0 Å². The van der Waals surface area contributed by atoms with Crippen LogP contribution in [-0.4, -0.2) is 35.2 Å². The number of nitrogens with two attached hydrogens (primary N) is 1. The molecule has 2 heterocycles. The van der Waals surface area contributed by atoms with E-state index in [1.54, 1.807) is 12.1 Å². The van der Waals surface area contributed by atoms with E-state index in [2.05, 4.69) is 15.5 Å². The van der Waals surface area contributed by atoms with E-state index >= 15 is 0 Å². The van der Waals surface area contributed by atoms with Gasteiger partial charge in [-0.15, -0.1) is 0 Å². The molecule has 0 aliphatic rings. The van der Waals surface area contributed by atoms with Gasteiger partial charge in [-0.25, -0.2) is 0 Å². The lowest BCUT2D eigenvalue weighted by Gasteiger charge is -2.13. The third-order valence-electron chi connectivity index (χ3n) is 4.56. The minimum Gasteiger partial charge on any atom is -0.495 e. The number of benzene rings is 2. The number of carbonyl (C=O) groups excluding carboxylic acids is 2. The maximum absolute atomic E-state index is 12.6. The van der Waals surface area contributed by atoms with Crippen LogP contribution >= 0.6 is 0 Å². The number of carbonyl (C=O) groups is 2. The number of rotatable bonds is 5. The Morgan fingerprint density at radius 2 is 2.04 bits per heavy atom. The standard InChI is InChI=1S/C20H18N4O4/c1-10(19(21)25)22-20(26)12-7-8-13-16(18(12)27-2)17(24-23-13)15-9-11-5-3-4-6-14(11)28-15/h3-10H,1-2H3,(H2,21,25)(H,22,26)(H,23,24)/t10-/m0/s1. The minimum atomic E-state index is -0.813. The molecule has 4 N–H and O–H groups in total. The number of primary amides is 1. The number of para-hydroxylation sites is 1. The van der Waals surface area contributed by atoms with Gasteiger partial charge in [-0.05, 0) is 31.2 Å². The highest BCUT2D eigenvalue weighted by Gasteiger charge is 2.23. The summed E-state index contributed by atoms with van der Waals surface area (Å²) in [6.45, 7) is 1.52. The molecule has 0 saturated heterocycles. The Morgan fingerprint density at radius 3 is 2.75 bits per heavy atom. The van der Waals surface area contributed by atoms with Crippen molar-refractivity contribution in [3.05, 3.63) is 48.0 Å². The minimum absolute atomic E-state index is 0.266. The number of hydrogen-bond acceptors (Lipinski definition) is 5. The molecule has 0 radical (unpaired) electrons. The fourth-order valence-electron chi connectivity index (χ4n) is 3.10. The van der Waals surface area contributed by atoms with Crippen LogP contribution in [0.2, 0.25) is 0 Å². The second-order valence-corrected chi connectivity index (χ2v) is 6.39. The largest absolute Gasteiger partial charge is 0.495 e. The number of nitrogens with zero attached hydrogens (tertiary/aromatic N) is 1. The van der Waals surface area contributed by atoms with Gasteiger partial charge in [0.1, 0.15) is 23.1 Å². The smallest absolute Gasteiger partial charge is 0.255 e. The zero-order valence-corrected chi connectivity index (χ0v) is 15.3. The lowest BCUT2D eigenvalue weighted by molar-refractivity contribution is -0.119. The summed E-state index contributed by atoms with van der Waals surface area (Å²) >= 11 is 0. The van der Waals surface area contributed by atoms with Gasteiger partial charge in [-0.1, -0.05) is 18.2 Å². The predicted molar refractivity (Wildman–Crippen MR) is 104 cm³/mol. The van der Waals surface area contributed by atoms with Crippen molar-refractivity contribution in [1.29, 1.82) is 0 Å². The molecule has 4 rings (SSSR count). The molecule has 2 aromatic heterocycles. The van der Waals surface area contributed by atoms with Crippen molar-refractivity contribution in [2.24, 2.45) is 5.73 Å². The highest BCUT2D eigenvalue weighted by Crippen LogP contribution is 2.38. The molecule has 0 unspecified atom stereocenters. The van der Waals surface area contributed by atoms with Crippen LogP contribution in [0.1, 0.15) is 17.3 Å². The summed E-state index contributed by atoms with van der Waals surface area (Å²) in [4.78, 5) is 23.9. The molecule has 0 fully saturated rings. The van der Waals surface area contributed by atoms with Gasteiger partial charge in [0.15, 0.2) is 5.76 Å². The second-order valence-electron chi connectivity index (χ2n) is 6.39. The SMILES string of the molecule is COc1c(C(=O)N[C@@H](C)C(N)=O)ccc2[nH]nc(-c3cc4ccccc4o3)c12. The fourth-order valence-corrected chi connectivity index (χ4v) is 3.10. The molecule has 28 heavy (non-hydrogen) atoms. The first-order valence-corrected chi connectivity index (χ1v) is 8.63. The number of furan rings is 1. The molecular formula is C20H18N4O4. The van der Waals surface area contributed by atoms with Gasteiger partial charge in [0.2, 0.25) is 5.91 Å². The summed E-state index contributed by atoms with van der Waals surface area (Å²) < 4.78 is 11.5. The number of aromatic amines is 1. The van der Waals surface area contributed by atoms with E-state index in [1.807, 2.05) is 30.3 Å². The van der Waals surface area contributed by atoms with Gasteiger partial charge in [0.25, 0.3) is 5.91 Å². The van der Waals surface area contributed by atoms with Crippen LogP contribution in [0.3, 0.4) is 0 Å². The van der Waals surface area contributed by atoms with Gasteiger partial charge in [-0.2, -0.15) is 5.10 Å². The molecule has 2 amide bonds. The van der Waals surface area contributed by atoms with Crippen LogP contribution < -0.4 is 15.8 Å². The number of fused-ring (bicyclic) bond motifs is 2. The highest BCUT2D eigenvalue weighted by atomic mass is 16.5. The first-order chi connectivity index (χ1) is 13.5. The lowest BCUT2D eigenvalue weighted by Crippen LogP contribution is -2.42. The molecule has 142 valence electrons. The van der Waals surface area contributed by atoms with Crippen molar-refractivity contribution in [3.8, 4) is 17.2 Å². The normalized spacial score (nSPS) is 12.2. The van der Waals surface area contributed by atoms with Gasteiger partial charge in [-0.3, -0.25) is 14.7 Å². The van der Waals surface area contributed by atoms with Crippen LogP contribution in [0, 0.1) is 0 Å². The predicted octanol–water partition coefficient (Wildman–Crippen LogP) is 2.59. The molecule has 0 aliphatic carbocycles. The van der Waals surface area contributed by atoms with Crippen LogP contribution in [0.5, 0.6) is 5.75 Å². The van der Waals surface area contributed by atoms with Gasteiger partial charge < -0.3 is 20.2 Å². The summed E-state index contributed by atoms with van der Waals surface area (Å²) in [7, 11) is 1.47. The quantitative estimate of drug-likeness (QED) is 0.492. The Kier molecular flexibility index (Phi) is 4.23. The second kappa shape index (κ2) is 6.73. The molecule has 8 nitrogen and oxygen atoms in total. The summed E-state index contributed by atoms with van der Waals surface area (Å²) in [6.07, 6.45) is 0. The highest BCUT2D eigenvalue weighted by molar-refractivity contribution is 6.08. The number of methoxy groups -OCH3 is 1. The first-order valence-electron chi connectivity index (χ1n) is 8.63. The van der Waals surface area contributed by atoms with E-state index in [0.29, 0.717) is 28.1 Å². The monoisotopic (exact) mass is 378 g/mol. The van der Waals surface area contributed by atoms with Gasteiger partial charge in [0.05, 0.1) is 23.6 Å². The first kappa shape index (κ1) is 17.6. The number of amides is 2. The average molecular weight is 378 g/mol. The Bertz CT molecular complexity index is 1170. The fraction of sp³-hybridized carbons (Fsp3) is 0.150. The van der Waals surface area contributed by atoms with E-state index in [1.165, 1.54) is 14.0 Å². The van der Waals surface area contributed by atoms with Gasteiger partial charge >= 0.3 is 0 Å². The van der Waals surface area contributed by atoms with Crippen molar-refractivity contribution in [2.45, 2.75) is 13.0 Å². The molecule has 8 heteroatoms. The van der Waals surface area contributed by atoms with Crippen LogP contribution in [0.25, 0.3) is 33.3 Å². The number of aromatic nitrogens is 2. The zero-order valence-electron chi connectivity index (χ0n) is 15.3. The number of ether oxygens (including phenoxy) is 1. The summed E-state index contributed by atoms with van der Waals surface area (Å²) in [5.41, 5.74) is 7.45. The van der Waals surface area contributed by atoms with E-state index in [4.69, 9.17) is 14.9 Å². The van der Waals surface area contributed by atoms with E-state index < -0.39 is 17.9 Å². The zero-order chi connectivity index (χ0) is 19.8. The average Bonchev–Trinajstić information content (AvgIpc) is 3.30. The van der Waals surface area contributed by atoms with Crippen molar-refractivity contribution >= 4 is 33.7 Å². The van der Waals surface area contributed by atoms with Crippen molar-refractivity contribution in [2.75, 3.05) is 7.11 Å². The Labute approximate surface area is 159 Å². The number of H-pyrrole nitrogens is 1. The molecule has 1 atom stereocenters. The molecule has 0 aliphatic heterocycles. The number of hydrogen-bond donors (Lipinski definition) is 3. The third kappa shape index (κ3) is 2.84. The maximum atomic E-state index is 12.6. The van der Waals surface area contributed by atoms with E-state index in [0.717, 1.165) is 11.0 Å². The summed E-state index contributed by atoms with van der Waals surface area (Å²) in [6, 6.07) is 12.0. The lowest BCUT2D eigenvalue weighted by atomic mass is 10.1. The maximum Gasteiger partial charge on any atom is 0.255 e. The van der Waals surface area contributed by atoms with Crippen LogP contribution in [0.15, 0.2) is 46.9 Å². The molecule has 2 aromatic carbocycles. The van der Waals surface area contributed by atoms with Crippen molar-refractivity contribution in [1.82, 2.24) is 15.5 Å². The molecule has 0 bridgehead atoms.